The fourth-order valence-corrected chi connectivity index (χ4v) is 1.90. The van der Waals surface area contributed by atoms with E-state index in [4.69, 9.17) is 5.11 Å². The van der Waals surface area contributed by atoms with Crippen LogP contribution in [0.4, 0.5) is 0 Å². The minimum atomic E-state index is -1.12. The van der Waals surface area contributed by atoms with E-state index < -0.39 is 12.0 Å². The summed E-state index contributed by atoms with van der Waals surface area (Å²) in [4.78, 5) is 23.5. The number of nitrogens with one attached hydrogen (secondary N) is 1. The fourth-order valence-electron chi connectivity index (χ4n) is 1.90. The number of hydrogen-bond donors (Lipinski definition) is 2. The Morgan fingerprint density at radius 1 is 1.38 bits per heavy atom. The van der Waals surface area contributed by atoms with Gasteiger partial charge in [-0.05, 0) is 33.6 Å². The largest absolute Gasteiger partial charge is 0.476 e. The summed E-state index contributed by atoms with van der Waals surface area (Å²) in [7, 11) is 0. The summed E-state index contributed by atoms with van der Waals surface area (Å²) in [6.45, 7) is 9.50. The van der Waals surface area contributed by atoms with Gasteiger partial charge in [-0.2, -0.15) is 0 Å². The number of carboxylic acid groups (broad SMARTS) is 1. The maximum atomic E-state index is 12.3. The molecule has 0 saturated carbocycles. The Balaban J connectivity index is 3.04. The number of carbonyl (C=O) groups excluding carboxylic acids is 1. The summed E-state index contributed by atoms with van der Waals surface area (Å²) in [5.41, 5.74) is 0.0974. The molecule has 2 N–H and O–H groups in total. The van der Waals surface area contributed by atoms with Crippen LogP contribution in [0.25, 0.3) is 0 Å². The van der Waals surface area contributed by atoms with E-state index >= 15 is 0 Å². The van der Waals surface area contributed by atoms with Crippen molar-refractivity contribution in [1.29, 1.82) is 0 Å². The highest BCUT2D eigenvalue weighted by Gasteiger charge is 2.27. The van der Waals surface area contributed by atoms with Crippen LogP contribution in [-0.4, -0.2) is 37.5 Å². The van der Waals surface area contributed by atoms with Crippen molar-refractivity contribution in [3.8, 4) is 0 Å². The molecule has 1 amide bonds. The molecule has 1 aromatic heterocycles. The first kappa shape index (κ1) is 17.1. The van der Waals surface area contributed by atoms with E-state index in [0.717, 1.165) is 12.8 Å². The van der Waals surface area contributed by atoms with Crippen LogP contribution in [-0.2, 0) is 11.2 Å². The second kappa shape index (κ2) is 6.69. The topological polar surface area (TPSA) is 97.1 Å². The van der Waals surface area contributed by atoms with E-state index in [0.29, 0.717) is 12.1 Å². The molecule has 21 heavy (non-hydrogen) atoms. The highest BCUT2D eigenvalue weighted by Crippen LogP contribution is 2.16. The van der Waals surface area contributed by atoms with E-state index in [9.17, 15) is 9.59 Å². The minimum absolute atomic E-state index is 0.0775. The smallest absolute Gasteiger partial charge is 0.358 e. The normalized spacial score (nSPS) is 13.0. The molecule has 1 rings (SSSR count). The van der Waals surface area contributed by atoms with Crippen LogP contribution in [0, 0.1) is 0 Å². The lowest BCUT2D eigenvalue weighted by atomic mass is 10.0. The molecule has 0 bridgehead atoms. The van der Waals surface area contributed by atoms with Gasteiger partial charge in [-0.15, -0.1) is 5.10 Å². The van der Waals surface area contributed by atoms with Crippen LogP contribution in [0.1, 0.15) is 69.7 Å². The molecule has 0 aliphatic carbocycles. The first-order chi connectivity index (χ1) is 9.73. The van der Waals surface area contributed by atoms with Crippen LogP contribution >= 0.6 is 0 Å². The summed E-state index contributed by atoms with van der Waals surface area (Å²) >= 11 is 0. The lowest BCUT2D eigenvalue weighted by Crippen LogP contribution is -2.45. The molecule has 7 heteroatoms. The average Bonchev–Trinajstić information content (AvgIpc) is 2.81. The van der Waals surface area contributed by atoms with Crippen molar-refractivity contribution in [3.05, 3.63) is 11.4 Å². The Labute approximate surface area is 124 Å². The number of amides is 1. The Bertz CT molecular complexity index is 522. The summed E-state index contributed by atoms with van der Waals surface area (Å²) in [5.74, 6) is -1.31. The third-order valence-corrected chi connectivity index (χ3v) is 3.57. The Hall–Kier alpha value is -1.92. The van der Waals surface area contributed by atoms with Gasteiger partial charge in [0.05, 0.1) is 5.69 Å². The van der Waals surface area contributed by atoms with Crippen LogP contribution in [0.5, 0.6) is 0 Å². The zero-order chi connectivity index (χ0) is 16.2. The molecule has 1 unspecified atom stereocenters. The Morgan fingerprint density at radius 3 is 2.48 bits per heavy atom. The van der Waals surface area contributed by atoms with Gasteiger partial charge in [0.25, 0.3) is 0 Å². The molecular formula is C14H24N4O3. The highest BCUT2D eigenvalue weighted by atomic mass is 16.4. The van der Waals surface area contributed by atoms with Crippen molar-refractivity contribution >= 4 is 11.9 Å². The van der Waals surface area contributed by atoms with E-state index in [-0.39, 0.29) is 17.1 Å². The zero-order valence-electron chi connectivity index (χ0n) is 13.3. The number of carbonyl (C=O) groups is 2. The average molecular weight is 296 g/mol. The first-order valence-electron chi connectivity index (χ1n) is 7.22. The number of nitrogens with zero attached hydrogens (tertiary/aromatic N) is 3. The van der Waals surface area contributed by atoms with E-state index in [1.165, 1.54) is 4.68 Å². The predicted octanol–water partition coefficient (Wildman–Crippen LogP) is 1.79. The first-order valence-corrected chi connectivity index (χ1v) is 7.22. The summed E-state index contributed by atoms with van der Waals surface area (Å²) < 4.78 is 1.41. The second-order valence-corrected chi connectivity index (χ2v) is 5.79. The predicted molar refractivity (Wildman–Crippen MR) is 78.2 cm³/mol. The number of carboxylic acids is 1. The van der Waals surface area contributed by atoms with Gasteiger partial charge in [0.2, 0.25) is 5.91 Å². The molecular weight excluding hydrogens is 272 g/mol. The van der Waals surface area contributed by atoms with Crippen LogP contribution in [0.3, 0.4) is 0 Å². The molecule has 118 valence electrons. The fraction of sp³-hybridized carbons (Fsp3) is 0.714. The molecule has 0 fully saturated rings. The maximum absolute atomic E-state index is 12.3. The van der Waals surface area contributed by atoms with Gasteiger partial charge < -0.3 is 10.4 Å². The zero-order valence-corrected chi connectivity index (χ0v) is 13.3. The van der Waals surface area contributed by atoms with Crippen molar-refractivity contribution in [1.82, 2.24) is 20.3 Å². The van der Waals surface area contributed by atoms with Crippen molar-refractivity contribution in [2.45, 2.75) is 65.5 Å². The monoisotopic (exact) mass is 296 g/mol. The lowest BCUT2D eigenvalue weighted by molar-refractivity contribution is -0.125. The molecule has 0 saturated heterocycles. The highest BCUT2D eigenvalue weighted by molar-refractivity contribution is 5.87. The van der Waals surface area contributed by atoms with Crippen LogP contribution in [0.15, 0.2) is 0 Å². The molecule has 7 nitrogen and oxygen atoms in total. The Kier molecular flexibility index (Phi) is 5.46. The lowest BCUT2D eigenvalue weighted by Gasteiger charge is -2.26. The molecule has 0 radical (unpaired) electrons. The van der Waals surface area contributed by atoms with Gasteiger partial charge >= 0.3 is 5.97 Å². The van der Waals surface area contributed by atoms with Crippen LogP contribution in [0.2, 0.25) is 0 Å². The van der Waals surface area contributed by atoms with Gasteiger partial charge in [-0.25, -0.2) is 9.48 Å². The molecule has 0 aromatic carbocycles. The molecule has 1 aromatic rings. The molecule has 0 spiro atoms. The summed E-state index contributed by atoms with van der Waals surface area (Å²) in [5, 5.41) is 19.6. The SMILES string of the molecule is CCCc1c(C(=O)O)nnn1C(C)C(=O)NC(C)(C)CC. The van der Waals surface area contributed by atoms with Gasteiger partial charge in [0.15, 0.2) is 5.69 Å². The molecule has 1 heterocycles. The quantitative estimate of drug-likeness (QED) is 0.799. The van der Waals surface area contributed by atoms with Gasteiger partial charge in [0, 0.05) is 5.54 Å². The summed E-state index contributed by atoms with van der Waals surface area (Å²) in [6, 6.07) is -0.599. The van der Waals surface area contributed by atoms with Gasteiger partial charge in [-0.3, -0.25) is 4.79 Å². The number of hydrogen-bond acceptors (Lipinski definition) is 4. The summed E-state index contributed by atoms with van der Waals surface area (Å²) in [6.07, 6.45) is 2.07. The van der Waals surface area contributed by atoms with Gasteiger partial charge in [-0.1, -0.05) is 25.5 Å². The van der Waals surface area contributed by atoms with Crippen LogP contribution < -0.4 is 5.32 Å². The van der Waals surface area contributed by atoms with E-state index in [1.54, 1.807) is 6.92 Å². The standard InChI is InChI=1S/C14H24N4O3/c1-6-8-10-11(13(20)21)16-17-18(10)9(3)12(19)15-14(4,5)7-2/h9H,6-8H2,1-5H3,(H,15,19)(H,20,21). The third kappa shape index (κ3) is 4.03. The number of aromatic carboxylic acids is 1. The molecule has 0 aliphatic heterocycles. The van der Waals surface area contributed by atoms with Gasteiger partial charge in [0.1, 0.15) is 6.04 Å². The number of aromatic nitrogens is 3. The maximum Gasteiger partial charge on any atom is 0.358 e. The number of rotatable bonds is 7. The minimum Gasteiger partial charge on any atom is -0.476 e. The van der Waals surface area contributed by atoms with Crippen molar-refractivity contribution < 1.29 is 14.7 Å². The van der Waals surface area contributed by atoms with Crippen molar-refractivity contribution in [2.24, 2.45) is 0 Å². The molecule has 0 aliphatic rings. The molecule has 1 atom stereocenters. The van der Waals surface area contributed by atoms with E-state index in [2.05, 4.69) is 15.6 Å². The van der Waals surface area contributed by atoms with Crippen molar-refractivity contribution in [3.63, 3.8) is 0 Å². The van der Waals surface area contributed by atoms with Crippen molar-refractivity contribution in [2.75, 3.05) is 0 Å². The Morgan fingerprint density at radius 2 is 2.00 bits per heavy atom. The van der Waals surface area contributed by atoms with E-state index in [1.807, 2.05) is 27.7 Å². The third-order valence-electron chi connectivity index (χ3n) is 3.57. The second-order valence-electron chi connectivity index (χ2n) is 5.79.